The first-order chi connectivity index (χ1) is 23.4. The summed E-state index contributed by atoms with van der Waals surface area (Å²) < 4.78 is 10.7. The average Bonchev–Trinajstić information content (AvgIpc) is 3.80. The molecule has 5 aliphatic rings. The predicted octanol–water partition coefficient (Wildman–Crippen LogP) is 8.09. The molecule has 0 unspecified atom stereocenters. The number of carbonyl (C=O) groups excluding carboxylic acids is 3. The minimum atomic E-state index is -1.22. The van der Waals surface area contributed by atoms with Crippen LogP contribution < -0.4 is 4.98 Å². The molecular weight excluding hydrogens is 641 g/mol. The number of rotatable bonds is 8. The zero-order valence-electron chi connectivity index (χ0n) is 29.9. The molecule has 1 saturated heterocycles. The van der Waals surface area contributed by atoms with Crippen molar-refractivity contribution in [1.82, 2.24) is 4.98 Å². The average molecular weight is 682 g/mol. The molecule has 0 aromatic carbocycles. The van der Waals surface area contributed by atoms with Crippen LogP contribution in [0.25, 0.3) is 21.5 Å². The van der Waals surface area contributed by atoms with Crippen LogP contribution in [0.5, 0.6) is 0 Å². The number of nitrogens with zero attached hydrogens (tertiary/aromatic N) is 4. The van der Waals surface area contributed by atoms with Gasteiger partial charge < -0.3 is 36.1 Å². The summed E-state index contributed by atoms with van der Waals surface area (Å²) in [6.45, 7) is 20.5. The number of carbonyl (C=O) groups is 3. The molecule has 0 radical (unpaired) electrons. The van der Waals surface area contributed by atoms with Gasteiger partial charge in [-0.2, -0.15) is 11.6 Å². The molecule has 8 bridgehead atoms. The summed E-state index contributed by atoms with van der Waals surface area (Å²) >= 11 is 0. The van der Waals surface area contributed by atoms with Gasteiger partial charge in [-0.1, -0.05) is 57.5 Å². The van der Waals surface area contributed by atoms with E-state index in [1.165, 1.54) is 7.11 Å². The first kappa shape index (κ1) is 36.9. The zero-order chi connectivity index (χ0) is 35.3. The van der Waals surface area contributed by atoms with Gasteiger partial charge in [-0.25, -0.2) is 5.92 Å². The van der Waals surface area contributed by atoms with E-state index in [1.54, 1.807) is 6.08 Å². The Hall–Kier alpha value is -4.41. The van der Waals surface area contributed by atoms with Crippen molar-refractivity contribution in [2.24, 2.45) is 17.8 Å². The Labute approximate surface area is 311 Å². The van der Waals surface area contributed by atoms with Gasteiger partial charge in [-0.3, -0.25) is 37.8 Å². The molecule has 5 heterocycles. The number of hydrogen-bond donors (Lipinski definition) is 0. The fourth-order valence-electron chi connectivity index (χ4n) is 7.19. The number of ketones is 1. The number of hydrogen-bond acceptors (Lipinski definition) is 5. The molecule has 0 saturated carbocycles. The van der Waals surface area contributed by atoms with Gasteiger partial charge in [0.15, 0.2) is 5.78 Å². The van der Waals surface area contributed by atoms with Crippen molar-refractivity contribution in [1.29, 1.82) is 0 Å². The second-order valence-electron chi connectivity index (χ2n) is 13.2. The van der Waals surface area contributed by atoms with E-state index in [-0.39, 0.29) is 59.7 Å². The third-order valence-electron chi connectivity index (χ3n) is 9.99. The smallest absolute Gasteiger partial charge is 0.757 e. The summed E-state index contributed by atoms with van der Waals surface area (Å²) in [5, 5.41) is 15.1. The van der Waals surface area contributed by atoms with Gasteiger partial charge in [0.25, 0.3) is 0 Å². The normalized spacial score (nSPS) is 25.5. The van der Waals surface area contributed by atoms with E-state index in [1.807, 2.05) is 59.3 Å². The van der Waals surface area contributed by atoms with E-state index < -0.39 is 11.9 Å². The molecule has 6 rings (SSSR count). The molecule has 1 aliphatic carbocycles. The van der Waals surface area contributed by atoms with Crippen molar-refractivity contribution in [3.63, 3.8) is 0 Å². The molecule has 1 aromatic heterocycles. The van der Waals surface area contributed by atoms with Gasteiger partial charge in [0.2, 0.25) is 0 Å². The third kappa shape index (κ3) is 6.24. The molecule has 1 aromatic rings. The maximum Gasteiger partial charge on any atom is 2.00 e. The minimum Gasteiger partial charge on any atom is -0.757 e. The fourth-order valence-corrected chi connectivity index (χ4v) is 7.19. The topological polar surface area (TPSA) is 126 Å². The summed E-state index contributed by atoms with van der Waals surface area (Å²) in [6.07, 6.45) is 10.6. The summed E-state index contributed by atoms with van der Waals surface area (Å²) in [5.74, 6) is -2.11. The van der Waals surface area contributed by atoms with Crippen LogP contribution in [0, 0.1) is 43.1 Å². The Morgan fingerprint density at radius 1 is 1.22 bits per heavy atom. The molecular formula is C40H41MgN4O5-3. The maximum absolute atomic E-state index is 14.1. The molecule has 4 aliphatic heterocycles. The Morgan fingerprint density at radius 2 is 1.96 bits per heavy atom. The van der Waals surface area contributed by atoms with Crippen molar-refractivity contribution in [3.8, 4) is 0 Å². The minimum absolute atomic E-state index is 0. The fraction of sp³-hybridized carbons (Fsp3) is 0.350. The van der Waals surface area contributed by atoms with Gasteiger partial charge in [0.05, 0.1) is 12.7 Å². The van der Waals surface area contributed by atoms with Crippen LogP contribution in [0.1, 0.15) is 81.2 Å². The van der Waals surface area contributed by atoms with Crippen LogP contribution in [-0.4, -0.2) is 54.5 Å². The van der Waals surface area contributed by atoms with Crippen molar-refractivity contribution in [2.75, 3.05) is 13.7 Å². The summed E-state index contributed by atoms with van der Waals surface area (Å²) in [7, 11) is 1.27. The molecule has 0 spiro atoms. The van der Waals surface area contributed by atoms with E-state index >= 15 is 0 Å². The van der Waals surface area contributed by atoms with Gasteiger partial charge in [0.1, 0.15) is 12.5 Å². The third-order valence-corrected chi connectivity index (χ3v) is 9.99. The monoisotopic (exact) mass is 681 g/mol. The van der Waals surface area contributed by atoms with Crippen molar-refractivity contribution in [3.05, 3.63) is 145 Å². The summed E-state index contributed by atoms with van der Waals surface area (Å²) in [6, 6.07) is 0.633. The molecule has 256 valence electrons. The first-order valence-corrected chi connectivity index (χ1v) is 16.7. The standard InChI is InChI=1S/C40H42N4O5.Mg/c1-10-24-20(5)27-16-29-22(7)26(12-13-33(45)49-15-14-19(3)4)37(43-29)35-36(40(47)48-9)39(46)34-23(8)30(44-38(34)35)18-32-25(11-2)21(6)28(42-32)17-31(24)41-27;/h10,14,16-18,22,26,36H,1,5,11-13,15H2,2-4,6-9H3,(H-,43,44,46);/q-4;+2/p-1/b28-17-,29-16-;/t22-,26-,36+;/m0./s1. The number of aromatic nitrogens is 1. The Kier molecular flexibility index (Phi) is 10.6. The largest absolute Gasteiger partial charge is 2.00 e. The van der Waals surface area contributed by atoms with Crippen LogP contribution in [0.15, 0.2) is 88.2 Å². The number of Topliss-reactive ketones (excluding diaryl/α,β-unsaturated/α-hetero) is 1. The van der Waals surface area contributed by atoms with Gasteiger partial charge >= 0.3 is 35.0 Å². The van der Waals surface area contributed by atoms with Gasteiger partial charge in [-0.05, 0) is 62.6 Å². The molecule has 0 N–H and O–H groups in total. The van der Waals surface area contributed by atoms with E-state index in [0.717, 1.165) is 40.5 Å². The first-order valence-electron chi connectivity index (χ1n) is 16.7. The molecule has 9 nitrogen and oxygen atoms in total. The predicted molar refractivity (Wildman–Crippen MR) is 195 cm³/mol. The maximum atomic E-state index is 14.1. The second kappa shape index (κ2) is 14.4. The van der Waals surface area contributed by atoms with Crippen molar-refractivity contribution >= 4 is 46.3 Å². The van der Waals surface area contributed by atoms with Crippen molar-refractivity contribution in [2.45, 2.75) is 60.8 Å². The Morgan fingerprint density at radius 3 is 2.62 bits per heavy atom. The van der Waals surface area contributed by atoms with Crippen molar-refractivity contribution < 1.29 is 23.9 Å². The van der Waals surface area contributed by atoms with Gasteiger partial charge in [0, 0.05) is 17.9 Å². The molecule has 50 heavy (non-hydrogen) atoms. The quantitative estimate of drug-likeness (QED) is 0.0898. The Balaban J connectivity index is 0.00000486. The summed E-state index contributed by atoms with van der Waals surface area (Å²) in [4.78, 5) is 45.4. The Bertz CT molecular complexity index is 1860. The number of ether oxygens (including phenoxy) is 2. The van der Waals surface area contributed by atoms with Crippen LogP contribution in [0.4, 0.5) is 0 Å². The summed E-state index contributed by atoms with van der Waals surface area (Å²) in [5.41, 5.74) is 9.63. The number of methoxy groups -OCH3 is 1. The van der Waals surface area contributed by atoms with Crippen LogP contribution >= 0.6 is 0 Å². The van der Waals surface area contributed by atoms with Crippen LogP contribution in [-0.2, 0) is 19.1 Å². The molecule has 1 fully saturated rings. The van der Waals surface area contributed by atoms with E-state index in [0.29, 0.717) is 63.2 Å². The molecule has 0 amide bonds. The van der Waals surface area contributed by atoms with E-state index in [4.69, 9.17) is 30.4 Å². The van der Waals surface area contributed by atoms with Gasteiger partial charge in [-0.15, -0.1) is 17.1 Å². The van der Waals surface area contributed by atoms with E-state index in [9.17, 15) is 14.4 Å². The number of fused-ring (bicyclic) bond motifs is 7. The van der Waals surface area contributed by atoms with E-state index in [2.05, 4.69) is 20.1 Å². The SMILES string of the molecule is C=CC1=C2/C=C3\[N-]C(=C(CC)[C-]3C)[CH-]c3[n-]c4c(c3C)C(=O)[C@H](C(=O)OC)/C4=C3/[N-]/C(=C\[C+]([N-]2)C1=C)[C@@H](C)[C@@H]3CCC(=O)OCC=C(C)C.[Mg+2]. The molecule has 3 atom stereocenters. The van der Waals surface area contributed by atoms with Crippen LogP contribution in [0.3, 0.4) is 0 Å². The second-order valence-corrected chi connectivity index (χ2v) is 13.2. The van der Waals surface area contributed by atoms with Crippen LogP contribution in [0.2, 0.25) is 0 Å². The zero-order valence-corrected chi connectivity index (χ0v) is 31.3. The number of esters is 2. The number of allylic oxidation sites excluding steroid dienone is 7. The molecule has 10 heteroatoms.